The van der Waals surface area contributed by atoms with Crippen molar-refractivity contribution < 1.29 is 9.59 Å². The van der Waals surface area contributed by atoms with Gasteiger partial charge in [-0.2, -0.15) is 0 Å². The van der Waals surface area contributed by atoms with E-state index >= 15 is 0 Å². The average molecular weight is 423 g/mol. The van der Waals surface area contributed by atoms with E-state index in [-0.39, 0.29) is 23.8 Å². The van der Waals surface area contributed by atoms with Gasteiger partial charge in [0.05, 0.1) is 11.5 Å². The van der Waals surface area contributed by atoms with Crippen LogP contribution in [0, 0.1) is 0 Å². The van der Waals surface area contributed by atoms with Crippen molar-refractivity contribution in [2.75, 3.05) is 31.1 Å². The number of pyridine rings is 1. The minimum atomic E-state index is -0.0845. The van der Waals surface area contributed by atoms with E-state index in [0.717, 1.165) is 43.7 Å². The van der Waals surface area contributed by atoms with Crippen LogP contribution in [-0.2, 0) is 4.79 Å². The predicted octanol–water partition coefficient (Wildman–Crippen LogP) is 3.84. The van der Waals surface area contributed by atoms with Gasteiger partial charge < -0.3 is 15.1 Å². The summed E-state index contributed by atoms with van der Waals surface area (Å²) in [6, 6.07) is 13.9. The third-order valence-electron chi connectivity index (χ3n) is 5.93. The van der Waals surface area contributed by atoms with Gasteiger partial charge in [0.2, 0.25) is 5.91 Å². The molecule has 1 saturated heterocycles. The molecule has 6 heteroatoms. The topological polar surface area (TPSA) is 65.5 Å². The molecule has 1 aromatic carbocycles. The zero-order valence-corrected chi connectivity index (χ0v) is 18.9. The minimum Gasteiger partial charge on any atom is -0.353 e. The second-order valence-electron chi connectivity index (χ2n) is 8.25. The summed E-state index contributed by atoms with van der Waals surface area (Å²) in [4.78, 5) is 34.1. The summed E-state index contributed by atoms with van der Waals surface area (Å²) < 4.78 is 0. The van der Waals surface area contributed by atoms with Crippen molar-refractivity contribution in [1.82, 2.24) is 15.2 Å². The van der Waals surface area contributed by atoms with Crippen molar-refractivity contribution >= 4 is 17.6 Å². The van der Waals surface area contributed by atoms with Gasteiger partial charge in [0.1, 0.15) is 5.82 Å². The van der Waals surface area contributed by atoms with Crippen LogP contribution in [-0.4, -0.2) is 53.9 Å². The van der Waals surface area contributed by atoms with Crippen LogP contribution in [0.4, 0.5) is 5.82 Å². The van der Waals surface area contributed by atoms with Gasteiger partial charge in [-0.15, -0.1) is 0 Å². The van der Waals surface area contributed by atoms with Gasteiger partial charge in [-0.3, -0.25) is 9.59 Å². The highest BCUT2D eigenvalue weighted by molar-refractivity contribution is 5.94. The Hall–Kier alpha value is -2.89. The van der Waals surface area contributed by atoms with E-state index in [9.17, 15) is 9.59 Å². The van der Waals surface area contributed by atoms with Gasteiger partial charge in [0.25, 0.3) is 5.91 Å². The molecule has 0 aliphatic carbocycles. The van der Waals surface area contributed by atoms with E-state index in [0.29, 0.717) is 18.7 Å². The summed E-state index contributed by atoms with van der Waals surface area (Å²) in [5, 5.41) is 3.01. The Morgan fingerprint density at radius 1 is 1.03 bits per heavy atom. The molecule has 3 rings (SSSR count). The van der Waals surface area contributed by atoms with Crippen molar-refractivity contribution in [3.8, 4) is 0 Å². The first kappa shape index (κ1) is 22.8. The van der Waals surface area contributed by atoms with Crippen LogP contribution in [0.2, 0.25) is 0 Å². The molecule has 1 aromatic heterocycles. The molecule has 0 saturated carbocycles. The number of hydrogen-bond donors (Lipinski definition) is 1. The number of amides is 2. The number of benzene rings is 1. The molecule has 31 heavy (non-hydrogen) atoms. The van der Waals surface area contributed by atoms with Crippen molar-refractivity contribution in [3.63, 3.8) is 0 Å². The van der Waals surface area contributed by atoms with Crippen LogP contribution in [0.1, 0.15) is 61.9 Å². The van der Waals surface area contributed by atoms with Gasteiger partial charge in [0, 0.05) is 38.4 Å². The van der Waals surface area contributed by atoms with Crippen molar-refractivity contribution in [1.29, 1.82) is 0 Å². The van der Waals surface area contributed by atoms with Crippen LogP contribution in [0.25, 0.3) is 0 Å². The fourth-order valence-electron chi connectivity index (χ4n) is 4.13. The molecular weight excluding hydrogens is 388 g/mol. The van der Waals surface area contributed by atoms with Crippen LogP contribution in [0.3, 0.4) is 0 Å². The SMILES string of the molecule is CCCC(C)NC(=O)c1ccc(N2CCN(C(=O)C(CC)c3ccccc3)CC2)nc1. The lowest BCUT2D eigenvalue weighted by atomic mass is 9.95. The van der Waals surface area contributed by atoms with E-state index in [1.807, 2.05) is 54.3 Å². The third-order valence-corrected chi connectivity index (χ3v) is 5.93. The quantitative estimate of drug-likeness (QED) is 0.702. The Balaban J connectivity index is 1.55. The number of nitrogens with one attached hydrogen (secondary N) is 1. The first-order valence-corrected chi connectivity index (χ1v) is 11.4. The maximum atomic E-state index is 13.1. The number of carbonyl (C=O) groups is 2. The van der Waals surface area contributed by atoms with E-state index in [4.69, 9.17) is 0 Å². The molecule has 2 aromatic rings. The van der Waals surface area contributed by atoms with Gasteiger partial charge in [-0.05, 0) is 37.5 Å². The van der Waals surface area contributed by atoms with Crippen LogP contribution < -0.4 is 10.2 Å². The molecular formula is C25H34N4O2. The summed E-state index contributed by atoms with van der Waals surface area (Å²) in [6.45, 7) is 9.03. The van der Waals surface area contributed by atoms with Gasteiger partial charge in [0.15, 0.2) is 0 Å². The molecule has 2 unspecified atom stereocenters. The summed E-state index contributed by atoms with van der Waals surface area (Å²) in [7, 11) is 0. The second-order valence-corrected chi connectivity index (χ2v) is 8.25. The molecule has 1 aliphatic heterocycles. The van der Waals surface area contributed by atoms with Crippen molar-refractivity contribution in [2.24, 2.45) is 0 Å². The van der Waals surface area contributed by atoms with Crippen molar-refractivity contribution in [3.05, 3.63) is 59.8 Å². The number of anilines is 1. The summed E-state index contributed by atoms with van der Waals surface area (Å²) in [6.07, 6.45) is 4.44. The Labute approximate surface area is 185 Å². The van der Waals surface area contributed by atoms with Crippen LogP contribution >= 0.6 is 0 Å². The Morgan fingerprint density at radius 2 is 1.74 bits per heavy atom. The van der Waals surface area contributed by atoms with Crippen molar-refractivity contribution in [2.45, 2.75) is 52.0 Å². The molecule has 0 bridgehead atoms. The first-order valence-electron chi connectivity index (χ1n) is 11.4. The number of nitrogens with zero attached hydrogens (tertiary/aromatic N) is 3. The average Bonchev–Trinajstić information content (AvgIpc) is 2.80. The fraction of sp³-hybridized carbons (Fsp3) is 0.480. The smallest absolute Gasteiger partial charge is 0.253 e. The van der Waals surface area contributed by atoms with Gasteiger partial charge in [-0.1, -0.05) is 50.6 Å². The monoisotopic (exact) mass is 422 g/mol. The van der Waals surface area contributed by atoms with E-state index in [2.05, 4.69) is 29.0 Å². The zero-order valence-electron chi connectivity index (χ0n) is 18.9. The summed E-state index contributed by atoms with van der Waals surface area (Å²) in [5.41, 5.74) is 1.66. The number of hydrogen-bond acceptors (Lipinski definition) is 4. The Morgan fingerprint density at radius 3 is 2.32 bits per heavy atom. The minimum absolute atomic E-state index is 0.0815. The van der Waals surface area contributed by atoms with Crippen LogP contribution in [0.15, 0.2) is 48.7 Å². The second kappa shape index (κ2) is 10.9. The van der Waals surface area contributed by atoms with E-state index in [1.165, 1.54) is 0 Å². The Bertz CT molecular complexity index is 846. The number of piperazine rings is 1. The third kappa shape index (κ3) is 5.84. The molecule has 166 valence electrons. The fourth-order valence-corrected chi connectivity index (χ4v) is 4.13. The van der Waals surface area contributed by atoms with Crippen LogP contribution in [0.5, 0.6) is 0 Å². The molecule has 2 amide bonds. The largest absolute Gasteiger partial charge is 0.353 e. The summed E-state index contributed by atoms with van der Waals surface area (Å²) >= 11 is 0. The highest BCUT2D eigenvalue weighted by Crippen LogP contribution is 2.23. The first-order chi connectivity index (χ1) is 15.0. The molecule has 6 nitrogen and oxygen atoms in total. The number of carbonyl (C=O) groups excluding carboxylic acids is 2. The molecule has 0 spiro atoms. The van der Waals surface area contributed by atoms with Gasteiger partial charge in [-0.25, -0.2) is 4.98 Å². The molecule has 1 N–H and O–H groups in total. The number of aromatic nitrogens is 1. The summed E-state index contributed by atoms with van der Waals surface area (Å²) in [5.74, 6) is 0.885. The lowest BCUT2D eigenvalue weighted by Crippen LogP contribution is -2.50. The lowest BCUT2D eigenvalue weighted by Gasteiger charge is -2.37. The highest BCUT2D eigenvalue weighted by Gasteiger charge is 2.27. The van der Waals surface area contributed by atoms with E-state index in [1.54, 1.807) is 6.20 Å². The molecule has 2 atom stereocenters. The molecule has 0 radical (unpaired) electrons. The number of rotatable bonds is 8. The Kier molecular flexibility index (Phi) is 8.04. The highest BCUT2D eigenvalue weighted by atomic mass is 16.2. The maximum Gasteiger partial charge on any atom is 0.253 e. The van der Waals surface area contributed by atoms with E-state index < -0.39 is 0 Å². The normalized spacial score (nSPS) is 16.0. The molecule has 1 aliphatic rings. The standard InChI is InChI=1S/C25H34N4O2/c1-4-9-19(3)27-24(30)21-12-13-23(26-18-21)28-14-16-29(17-15-28)25(31)22(5-2)20-10-7-6-8-11-20/h6-8,10-13,18-19,22H,4-5,9,14-17H2,1-3H3,(H,27,30). The maximum absolute atomic E-state index is 13.1. The molecule has 1 fully saturated rings. The predicted molar refractivity (Wildman–Crippen MR) is 124 cm³/mol. The zero-order chi connectivity index (χ0) is 22.2. The lowest BCUT2D eigenvalue weighted by molar-refractivity contribution is -0.133. The molecule has 2 heterocycles. The van der Waals surface area contributed by atoms with Gasteiger partial charge >= 0.3 is 0 Å².